The van der Waals surface area contributed by atoms with Crippen LogP contribution in [0.5, 0.6) is 0 Å². The molecule has 2 nitrogen and oxygen atoms in total. The Kier molecular flexibility index (Phi) is 2.85. The van der Waals surface area contributed by atoms with Gasteiger partial charge in [-0.05, 0) is 36.6 Å². The third-order valence-electron chi connectivity index (χ3n) is 2.92. The van der Waals surface area contributed by atoms with E-state index >= 15 is 0 Å². The van der Waals surface area contributed by atoms with E-state index in [0.717, 1.165) is 19.6 Å². The van der Waals surface area contributed by atoms with Crippen LogP contribution in [0.3, 0.4) is 0 Å². The lowest BCUT2D eigenvalue weighted by Gasteiger charge is -2.27. The number of ether oxygens (including phenoxy) is 1. The second kappa shape index (κ2) is 4.11. The summed E-state index contributed by atoms with van der Waals surface area (Å²) in [6, 6.07) is 6.90. The van der Waals surface area contributed by atoms with Gasteiger partial charge in [0.15, 0.2) is 0 Å². The summed E-state index contributed by atoms with van der Waals surface area (Å²) < 4.78 is 5.22. The summed E-state index contributed by atoms with van der Waals surface area (Å²) in [7, 11) is 1.76. The third kappa shape index (κ3) is 1.68. The van der Waals surface area contributed by atoms with E-state index in [1.165, 1.54) is 16.7 Å². The maximum absolute atomic E-state index is 5.22. The highest BCUT2D eigenvalue weighted by Gasteiger charge is 2.19. The molecule has 1 aromatic rings. The fraction of sp³-hybridized carbons (Fsp3) is 0.500. The van der Waals surface area contributed by atoms with Crippen LogP contribution in [0.2, 0.25) is 0 Å². The van der Waals surface area contributed by atoms with Crippen LogP contribution in [0.4, 0.5) is 0 Å². The molecule has 0 amide bonds. The van der Waals surface area contributed by atoms with Crippen molar-refractivity contribution in [1.29, 1.82) is 0 Å². The lowest BCUT2D eigenvalue weighted by atomic mass is 9.91. The molecule has 1 heterocycles. The lowest BCUT2D eigenvalue weighted by Crippen LogP contribution is -2.32. The van der Waals surface area contributed by atoms with Gasteiger partial charge in [-0.15, -0.1) is 0 Å². The second-order valence-electron chi connectivity index (χ2n) is 3.85. The van der Waals surface area contributed by atoms with E-state index in [4.69, 9.17) is 4.74 Å². The van der Waals surface area contributed by atoms with E-state index in [2.05, 4.69) is 30.4 Å². The standard InChI is InChI=1S/C12H17NO/c1-9-4-3-5-11-10(9)6-7-13-12(11)8-14-2/h3-5,12-13H,6-8H2,1-2H3. The highest BCUT2D eigenvalue weighted by atomic mass is 16.5. The van der Waals surface area contributed by atoms with Gasteiger partial charge in [0.1, 0.15) is 0 Å². The van der Waals surface area contributed by atoms with Crippen molar-refractivity contribution >= 4 is 0 Å². The van der Waals surface area contributed by atoms with Crippen molar-refractivity contribution in [3.63, 3.8) is 0 Å². The Morgan fingerprint density at radius 3 is 3.14 bits per heavy atom. The monoisotopic (exact) mass is 191 g/mol. The summed E-state index contributed by atoms with van der Waals surface area (Å²) in [5, 5.41) is 3.48. The predicted octanol–water partition coefficient (Wildman–Crippen LogP) is 1.83. The normalized spacial score (nSPS) is 20.6. The molecule has 0 bridgehead atoms. The van der Waals surface area contributed by atoms with Crippen LogP contribution in [-0.2, 0) is 11.2 Å². The van der Waals surface area contributed by atoms with E-state index < -0.39 is 0 Å². The number of hydrogen-bond acceptors (Lipinski definition) is 2. The number of methoxy groups -OCH3 is 1. The molecule has 0 spiro atoms. The number of nitrogens with one attached hydrogen (secondary N) is 1. The number of rotatable bonds is 2. The van der Waals surface area contributed by atoms with Crippen LogP contribution in [0, 0.1) is 6.92 Å². The molecule has 14 heavy (non-hydrogen) atoms. The van der Waals surface area contributed by atoms with Gasteiger partial charge in [-0.3, -0.25) is 0 Å². The minimum Gasteiger partial charge on any atom is -0.383 e. The van der Waals surface area contributed by atoms with Crippen molar-refractivity contribution in [2.24, 2.45) is 0 Å². The minimum atomic E-state index is 0.378. The molecule has 1 aliphatic rings. The van der Waals surface area contributed by atoms with E-state index in [-0.39, 0.29) is 0 Å². The molecule has 1 N–H and O–H groups in total. The maximum atomic E-state index is 5.22. The molecule has 0 saturated heterocycles. The van der Waals surface area contributed by atoms with Gasteiger partial charge in [0.05, 0.1) is 12.6 Å². The van der Waals surface area contributed by atoms with Crippen molar-refractivity contribution in [2.75, 3.05) is 20.3 Å². The highest BCUT2D eigenvalue weighted by molar-refractivity contribution is 5.38. The molecule has 0 radical (unpaired) electrons. The minimum absolute atomic E-state index is 0.378. The molecule has 76 valence electrons. The second-order valence-corrected chi connectivity index (χ2v) is 3.85. The van der Waals surface area contributed by atoms with Crippen molar-refractivity contribution in [2.45, 2.75) is 19.4 Å². The molecule has 0 aromatic heterocycles. The van der Waals surface area contributed by atoms with Gasteiger partial charge >= 0.3 is 0 Å². The van der Waals surface area contributed by atoms with E-state index in [9.17, 15) is 0 Å². The first-order valence-corrected chi connectivity index (χ1v) is 5.13. The molecule has 2 rings (SSSR count). The first-order valence-electron chi connectivity index (χ1n) is 5.13. The Bertz CT molecular complexity index is 322. The zero-order valence-electron chi connectivity index (χ0n) is 8.84. The van der Waals surface area contributed by atoms with Gasteiger partial charge in [-0.25, -0.2) is 0 Å². The largest absolute Gasteiger partial charge is 0.383 e. The summed E-state index contributed by atoms with van der Waals surface area (Å²) in [5.41, 5.74) is 4.33. The number of fused-ring (bicyclic) bond motifs is 1. The predicted molar refractivity (Wildman–Crippen MR) is 57.5 cm³/mol. The van der Waals surface area contributed by atoms with E-state index in [0.29, 0.717) is 6.04 Å². The molecule has 1 aliphatic heterocycles. The average Bonchev–Trinajstić information content (AvgIpc) is 2.20. The molecule has 1 atom stereocenters. The topological polar surface area (TPSA) is 21.3 Å². The van der Waals surface area contributed by atoms with Crippen molar-refractivity contribution in [1.82, 2.24) is 5.32 Å². The summed E-state index contributed by atoms with van der Waals surface area (Å²) in [6.07, 6.45) is 1.14. The van der Waals surface area contributed by atoms with Crippen LogP contribution in [0.15, 0.2) is 18.2 Å². The third-order valence-corrected chi connectivity index (χ3v) is 2.92. The summed E-state index contributed by atoms with van der Waals surface area (Å²) in [6.45, 7) is 4.01. The van der Waals surface area contributed by atoms with E-state index in [1.807, 2.05) is 0 Å². The van der Waals surface area contributed by atoms with Crippen molar-refractivity contribution in [3.8, 4) is 0 Å². The first kappa shape index (κ1) is 9.69. The molecule has 1 unspecified atom stereocenters. The Labute approximate surface area is 85.3 Å². The fourth-order valence-electron chi connectivity index (χ4n) is 2.19. The Hall–Kier alpha value is -0.860. The summed E-state index contributed by atoms with van der Waals surface area (Å²) in [4.78, 5) is 0. The quantitative estimate of drug-likeness (QED) is 0.770. The SMILES string of the molecule is COCC1NCCc2c(C)cccc21. The van der Waals surface area contributed by atoms with E-state index in [1.54, 1.807) is 7.11 Å². The smallest absolute Gasteiger partial charge is 0.0657 e. The van der Waals surface area contributed by atoms with Crippen molar-refractivity contribution < 1.29 is 4.74 Å². The van der Waals surface area contributed by atoms with Crippen LogP contribution in [0.1, 0.15) is 22.7 Å². The Morgan fingerprint density at radius 1 is 1.50 bits per heavy atom. The molecule has 0 fully saturated rings. The zero-order valence-corrected chi connectivity index (χ0v) is 8.84. The summed E-state index contributed by atoms with van der Waals surface area (Å²) in [5.74, 6) is 0. The molecule has 1 aromatic carbocycles. The molecule has 2 heteroatoms. The van der Waals surface area contributed by atoms with Crippen LogP contribution in [-0.4, -0.2) is 20.3 Å². The lowest BCUT2D eigenvalue weighted by molar-refractivity contribution is 0.164. The first-order chi connectivity index (χ1) is 6.83. The zero-order chi connectivity index (χ0) is 9.97. The van der Waals surface area contributed by atoms with Gasteiger partial charge in [-0.1, -0.05) is 18.2 Å². The highest BCUT2D eigenvalue weighted by Crippen LogP contribution is 2.25. The summed E-state index contributed by atoms with van der Waals surface area (Å²) >= 11 is 0. The van der Waals surface area contributed by atoms with Crippen LogP contribution < -0.4 is 5.32 Å². The van der Waals surface area contributed by atoms with Gasteiger partial charge in [0, 0.05) is 7.11 Å². The van der Waals surface area contributed by atoms with Gasteiger partial charge in [0.25, 0.3) is 0 Å². The number of aryl methyl sites for hydroxylation is 1. The van der Waals surface area contributed by atoms with Gasteiger partial charge < -0.3 is 10.1 Å². The van der Waals surface area contributed by atoms with Crippen LogP contribution in [0.25, 0.3) is 0 Å². The van der Waals surface area contributed by atoms with Gasteiger partial charge in [-0.2, -0.15) is 0 Å². The van der Waals surface area contributed by atoms with Crippen LogP contribution >= 0.6 is 0 Å². The maximum Gasteiger partial charge on any atom is 0.0657 e. The van der Waals surface area contributed by atoms with Gasteiger partial charge in [0.2, 0.25) is 0 Å². The average molecular weight is 191 g/mol. The Balaban J connectivity index is 2.34. The molecule has 0 aliphatic carbocycles. The number of hydrogen-bond donors (Lipinski definition) is 1. The molecular weight excluding hydrogens is 174 g/mol. The fourth-order valence-corrected chi connectivity index (χ4v) is 2.19. The van der Waals surface area contributed by atoms with Crippen molar-refractivity contribution in [3.05, 3.63) is 34.9 Å². The number of benzene rings is 1. The Morgan fingerprint density at radius 2 is 2.36 bits per heavy atom. The molecular formula is C12H17NO. The molecule has 0 saturated carbocycles.